The second-order valence-electron chi connectivity index (χ2n) is 5.88. The predicted molar refractivity (Wildman–Crippen MR) is 98.1 cm³/mol. The van der Waals surface area contributed by atoms with E-state index in [-0.39, 0.29) is 11.6 Å². The van der Waals surface area contributed by atoms with Gasteiger partial charge in [0, 0.05) is 27.5 Å². The third kappa shape index (κ3) is 2.75. The molecule has 7 heteroatoms. The Balaban J connectivity index is 1.61. The van der Waals surface area contributed by atoms with Gasteiger partial charge in [0.1, 0.15) is 17.1 Å². The van der Waals surface area contributed by atoms with Crippen LogP contribution in [-0.2, 0) is 0 Å². The van der Waals surface area contributed by atoms with Gasteiger partial charge in [-0.25, -0.2) is 4.79 Å². The number of carbonyl (C=O) groups excluding carboxylic acids is 1. The lowest BCUT2D eigenvalue weighted by molar-refractivity contribution is 0.0691. The lowest BCUT2D eigenvalue weighted by Gasteiger charge is -2.03. The molecule has 2 aromatic heterocycles. The molecule has 2 heterocycles. The van der Waals surface area contributed by atoms with Crippen molar-refractivity contribution in [1.29, 1.82) is 0 Å². The number of methoxy groups -OCH3 is 1. The van der Waals surface area contributed by atoms with E-state index in [1.165, 1.54) is 6.07 Å². The SMILES string of the molecule is COc1ccc2[nH]c(C(=O)Nc3ccc4[nH]c(C(=O)O)cc4c3)cc2c1. The van der Waals surface area contributed by atoms with Gasteiger partial charge in [0.2, 0.25) is 0 Å². The van der Waals surface area contributed by atoms with Crippen LogP contribution in [0.25, 0.3) is 21.8 Å². The van der Waals surface area contributed by atoms with Gasteiger partial charge in [-0.3, -0.25) is 4.79 Å². The van der Waals surface area contributed by atoms with Gasteiger partial charge >= 0.3 is 5.97 Å². The van der Waals surface area contributed by atoms with Crippen molar-refractivity contribution in [3.63, 3.8) is 0 Å². The maximum Gasteiger partial charge on any atom is 0.352 e. The molecular weight excluding hydrogens is 334 g/mol. The van der Waals surface area contributed by atoms with Crippen LogP contribution in [0.3, 0.4) is 0 Å². The number of anilines is 1. The summed E-state index contributed by atoms with van der Waals surface area (Å²) in [5, 5.41) is 13.4. The summed E-state index contributed by atoms with van der Waals surface area (Å²) in [4.78, 5) is 29.4. The Hall–Kier alpha value is -3.74. The van der Waals surface area contributed by atoms with Crippen LogP contribution in [0.2, 0.25) is 0 Å². The topological polar surface area (TPSA) is 107 Å². The van der Waals surface area contributed by atoms with Crippen molar-refractivity contribution in [1.82, 2.24) is 9.97 Å². The van der Waals surface area contributed by atoms with Crippen LogP contribution in [0.15, 0.2) is 48.5 Å². The number of rotatable bonds is 4. The number of benzene rings is 2. The molecule has 0 aliphatic rings. The number of fused-ring (bicyclic) bond motifs is 2. The third-order valence-electron chi connectivity index (χ3n) is 4.18. The van der Waals surface area contributed by atoms with E-state index in [4.69, 9.17) is 9.84 Å². The molecule has 4 N–H and O–H groups in total. The van der Waals surface area contributed by atoms with E-state index in [2.05, 4.69) is 15.3 Å². The van der Waals surface area contributed by atoms with Crippen LogP contribution in [0.4, 0.5) is 5.69 Å². The molecule has 0 aliphatic carbocycles. The van der Waals surface area contributed by atoms with Crippen LogP contribution in [-0.4, -0.2) is 34.1 Å². The fourth-order valence-corrected chi connectivity index (χ4v) is 2.88. The van der Waals surface area contributed by atoms with E-state index < -0.39 is 5.97 Å². The summed E-state index contributed by atoms with van der Waals surface area (Å²) in [5.41, 5.74) is 2.64. The smallest absolute Gasteiger partial charge is 0.352 e. The van der Waals surface area contributed by atoms with Crippen LogP contribution < -0.4 is 10.1 Å². The molecule has 2 aromatic carbocycles. The zero-order chi connectivity index (χ0) is 18.3. The van der Waals surface area contributed by atoms with Crippen LogP contribution >= 0.6 is 0 Å². The summed E-state index contributed by atoms with van der Waals surface area (Å²) in [7, 11) is 1.59. The van der Waals surface area contributed by atoms with Gasteiger partial charge in [-0.15, -0.1) is 0 Å². The fraction of sp³-hybridized carbons (Fsp3) is 0.0526. The summed E-state index contributed by atoms with van der Waals surface area (Å²) < 4.78 is 5.19. The molecule has 130 valence electrons. The molecule has 4 rings (SSSR count). The lowest BCUT2D eigenvalue weighted by Crippen LogP contribution is -2.11. The van der Waals surface area contributed by atoms with Crippen molar-refractivity contribution in [3.05, 3.63) is 59.9 Å². The molecule has 0 fully saturated rings. The number of hydrogen-bond donors (Lipinski definition) is 4. The lowest BCUT2D eigenvalue weighted by atomic mass is 10.2. The number of H-pyrrole nitrogens is 2. The first-order valence-electron chi connectivity index (χ1n) is 7.87. The Kier molecular flexibility index (Phi) is 3.62. The summed E-state index contributed by atoms with van der Waals surface area (Å²) in [5.74, 6) is -0.593. The first-order valence-corrected chi connectivity index (χ1v) is 7.87. The number of carbonyl (C=O) groups is 2. The minimum atomic E-state index is -1.03. The highest BCUT2D eigenvalue weighted by molar-refractivity contribution is 6.07. The van der Waals surface area contributed by atoms with Gasteiger partial charge < -0.3 is 25.1 Å². The van der Waals surface area contributed by atoms with Crippen molar-refractivity contribution in [2.24, 2.45) is 0 Å². The molecule has 0 aliphatic heterocycles. The predicted octanol–water partition coefficient (Wildman–Crippen LogP) is 3.61. The second-order valence-corrected chi connectivity index (χ2v) is 5.88. The first-order chi connectivity index (χ1) is 12.5. The molecule has 0 saturated carbocycles. The monoisotopic (exact) mass is 349 g/mol. The van der Waals surface area contributed by atoms with Crippen LogP contribution in [0, 0.1) is 0 Å². The standard InChI is InChI=1S/C19H15N3O4/c1-26-13-3-5-15-11(7-13)8-16(21-15)18(23)20-12-2-4-14-10(6-12)9-17(22-14)19(24)25/h2-9,21-22H,1H3,(H,20,23)(H,24,25). The number of amides is 1. The summed E-state index contributed by atoms with van der Waals surface area (Å²) in [6.07, 6.45) is 0. The molecule has 0 bridgehead atoms. The number of hydrogen-bond acceptors (Lipinski definition) is 3. The molecule has 4 aromatic rings. The van der Waals surface area contributed by atoms with E-state index >= 15 is 0 Å². The maximum absolute atomic E-state index is 12.5. The molecular formula is C19H15N3O4. The van der Waals surface area contributed by atoms with E-state index in [0.29, 0.717) is 22.3 Å². The van der Waals surface area contributed by atoms with E-state index in [0.717, 1.165) is 16.7 Å². The second kappa shape index (κ2) is 5.96. The van der Waals surface area contributed by atoms with Crippen LogP contribution in [0.5, 0.6) is 5.75 Å². The molecule has 7 nitrogen and oxygen atoms in total. The highest BCUT2D eigenvalue weighted by Gasteiger charge is 2.12. The zero-order valence-electron chi connectivity index (χ0n) is 13.8. The van der Waals surface area contributed by atoms with Gasteiger partial charge in [0.05, 0.1) is 7.11 Å². The fourth-order valence-electron chi connectivity index (χ4n) is 2.88. The average molecular weight is 349 g/mol. The number of aromatic nitrogens is 2. The van der Waals surface area contributed by atoms with E-state index in [1.54, 1.807) is 31.4 Å². The Morgan fingerprint density at radius 2 is 1.58 bits per heavy atom. The summed E-state index contributed by atoms with van der Waals surface area (Å²) >= 11 is 0. The molecule has 0 radical (unpaired) electrons. The number of aromatic carboxylic acids is 1. The van der Waals surface area contributed by atoms with Crippen molar-refractivity contribution >= 4 is 39.4 Å². The van der Waals surface area contributed by atoms with Crippen molar-refractivity contribution in [2.75, 3.05) is 12.4 Å². The van der Waals surface area contributed by atoms with Crippen molar-refractivity contribution < 1.29 is 19.4 Å². The molecule has 0 saturated heterocycles. The Morgan fingerprint density at radius 1 is 0.923 bits per heavy atom. The number of carboxylic acids is 1. The van der Waals surface area contributed by atoms with Gasteiger partial charge in [0.25, 0.3) is 5.91 Å². The van der Waals surface area contributed by atoms with Crippen molar-refractivity contribution in [3.8, 4) is 5.75 Å². The van der Waals surface area contributed by atoms with Crippen LogP contribution in [0.1, 0.15) is 21.0 Å². The number of ether oxygens (including phenoxy) is 1. The highest BCUT2D eigenvalue weighted by atomic mass is 16.5. The Morgan fingerprint density at radius 3 is 2.31 bits per heavy atom. The molecule has 0 atom stereocenters. The molecule has 0 unspecified atom stereocenters. The zero-order valence-corrected chi connectivity index (χ0v) is 13.8. The maximum atomic E-state index is 12.5. The minimum Gasteiger partial charge on any atom is -0.497 e. The van der Waals surface area contributed by atoms with Gasteiger partial charge in [-0.05, 0) is 48.5 Å². The minimum absolute atomic E-state index is 0.105. The Labute approximate surface area is 147 Å². The van der Waals surface area contributed by atoms with Crippen molar-refractivity contribution in [2.45, 2.75) is 0 Å². The van der Waals surface area contributed by atoms with Gasteiger partial charge in [-0.1, -0.05) is 0 Å². The summed E-state index contributed by atoms with van der Waals surface area (Å²) in [6, 6.07) is 14.0. The molecule has 26 heavy (non-hydrogen) atoms. The number of aromatic amines is 2. The number of nitrogens with one attached hydrogen (secondary N) is 3. The average Bonchev–Trinajstić information content (AvgIpc) is 3.24. The van der Waals surface area contributed by atoms with Gasteiger partial charge in [-0.2, -0.15) is 0 Å². The van der Waals surface area contributed by atoms with Gasteiger partial charge in [0.15, 0.2) is 0 Å². The summed E-state index contributed by atoms with van der Waals surface area (Å²) in [6.45, 7) is 0. The quantitative estimate of drug-likeness (QED) is 0.451. The van der Waals surface area contributed by atoms with E-state index in [1.807, 2.05) is 18.2 Å². The first kappa shape index (κ1) is 15.8. The Bertz CT molecular complexity index is 1160. The van der Waals surface area contributed by atoms with E-state index in [9.17, 15) is 9.59 Å². The molecule has 0 spiro atoms. The number of carboxylic acid groups (broad SMARTS) is 1. The molecule has 1 amide bonds. The normalized spacial score (nSPS) is 11.0. The largest absolute Gasteiger partial charge is 0.497 e. The highest BCUT2D eigenvalue weighted by Crippen LogP contribution is 2.23. The third-order valence-corrected chi connectivity index (χ3v) is 4.18.